The molecule has 6 aromatic carbocycles. The second kappa shape index (κ2) is 16.6. The molecule has 0 unspecified atom stereocenters. The normalized spacial score (nSPS) is 13.1. The minimum Gasteiger partial charge on any atom is -0.423 e. The van der Waals surface area contributed by atoms with E-state index in [0.29, 0.717) is 33.8 Å². The third kappa shape index (κ3) is 7.34. The summed E-state index contributed by atoms with van der Waals surface area (Å²) in [4.78, 5) is 43.9. The van der Waals surface area contributed by atoms with Crippen molar-refractivity contribution in [3.05, 3.63) is 187 Å². The van der Waals surface area contributed by atoms with Gasteiger partial charge in [0.1, 0.15) is 22.8 Å². The number of amides is 1. The molecule has 1 saturated carbocycles. The van der Waals surface area contributed by atoms with Gasteiger partial charge in [0.05, 0.1) is 33.4 Å². The second-order valence-corrected chi connectivity index (χ2v) is 16.2. The Balaban J connectivity index is 1.01. The summed E-state index contributed by atoms with van der Waals surface area (Å²) in [5.41, 5.74) is 8.51. The smallest absolute Gasteiger partial charge is 0.349 e. The summed E-state index contributed by atoms with van der Waals surface area (Å²) in [7, 11) is 0. The van der Waals surface area contributed by atoms with Crippen LogP contribution >= 0.6 is 0 Å². The third-order valence-corrected chi connectivity index (χ3v) is 12.1. The maximum Gasteiger partial charge on any atom is 0.349 e. The molecule has 64 heavy (non-hydrogen) atoms. The van der Waals surface area contributed by atoms with Gasteiger partial charge < -0.3 is 14.6 Å². The highest BCUT2D eigenvalue weighted by atomic mass is 16.5. The number of esters is 1. The van der Waals surface area contributed by atoms with Crippen LogP contribution in [0, 0.1) is 0 Å². The van der Waals surface area contributed by atoms with Gasteiger partial charge in [-0.15, -0.1) is 0 Å². The van der Waals surface area contributed by atoms with Crippen LogP contribution in [0.25, 0.3) is 72.4 Å². The molecule has 10 nitrogen and oxygen atoms in total. The van der Waals surface area contributed by atoms with E-state index in [9.17, 15) is 9.59 Å². The molecule has 0 saturated heterocycles. The van der Waals surface area contributed by atoms with Crippen LogP contribution in [0.2, 0.25) is 0 Å². The van der Waals surface area contributed by atoms with Gasteiger partial charge in [-0.05, 0) is 97.8 Å². The third-order valence-electron chi connectivity index (χ3n) is 12.1. The number of para-hydroxylation sites is 2. The van der Waals surface area contributed by atoms with Crippen molar-refractivity contribution >= 4 is 50.5 Å². The van der Waals surface area contributed by atoms with E-state index >= 15 is 0 Å². The number of anilines is 1. The molecule has 4 heterocycles. The van der Waals surface area contributed by atoms with Gasteiger partial charge in [-0.2, -0.15) is 5.10 Å². The number of aromatic nitrogens is 6. The standard InChI is InChI=1S/C54H41N7O3/c62-53(58-52-49(54(63)64-43-21-11-4-12-22-43)50(59-61(52)42-19-9-3-10-20-42)38-24-27-44-36(32-38)16-13-31-55-44)40-26-30-48-47(34-40)57-51(60(48)41-17-7-2-8-18-41)39-25-29-46-37(33-39)23-28-45(56-46)35-14-5-1-6-15-35/h1,3-6,9-16,19-34,41H,2,7-8,17-18H2,(H,58,62). The lowest BCUT2D eigenvalue weighted by Gasteiger charge is -2.25. The summed E-state index contributed by atoms with van der Waals surface area (Å²) in [5.74, 6) is 0.296. The first-order chi connectivity index (χ1) is 31.5. The van der Waals surface area contributed by atoms with Gasteiger partial charge in [0.2, 0.25) is 0 Å². The molecule has 310 valence electrons. The lowest BCUT2D eigenvalue weighted by Crippen LogP contribution is -2.19. The summed E-state index contributed by atoms with van der Waals surface area (Å²) in [5, 5.41) is 10.0. The van der Waals surface area contributed by atoms with E-state index < -0.39 is 11.9 Å². The number of imidazole rings is 1. The first-order valence-electron chi connectivity index (χ1n) is 21.6. The number of rotatable bonds is 9. The molecule has 0 atom stereocenters. The van der Waals surface area contributed by atoms with Crippen molar-refractivity contribution in [1.82, 2.24) is 29.3 Å². The second-order valence-electron chi connectivity index (χ2n) is 16.2. The number of nitrogens with zero attached hydrogens (tertiary/aromatic N) is 6. The fourth-order valence-corrected chi connectivity index (χ4v) is 8.92. The number of pyridine rings is 2. The zero-order chi connectivity index (χ0) is 43.0. The molecule has 10 aromatic rings. The Hall–Kier alpha value is -8.24. The van der Waals surface area contributed by atoms with Crippen molar-refractivity contribution in [3.63, 3.8) is 0 Å². The summed E-state index contributed by atoms with van der Waals surface area (Å²) in [6.45, 7) is 0. The maximum absolute atomic E-state index is 14.7. The summed E-state index contributed by atoms with van der Waals surface area (Å²) >= 11 is 0. The van der Waals surface area contributed by atoms with Crippen molar-refractivity contribution in [2.45, 2.75) is 38.1 Å². The number of hydrogen-bond donors (Lipinski definition) is 1. The quantitative estimate of drug-likeness (QED) is 0.114. The van der Waals surface area contributed by atoms with Crippen LogP contribution in [-0.2, 0) is 0 Å². The molecule has 1 aliphatic rings. The fraction of sp³-hybridized carbons (Fsp3) is 0.111. The molecule has 10 heteroatoms. The van der Waals surface area contributed by atoms with Gasteiger partial charge in [-0.3, -0.25) is 9.78 Å². The van der Waals surface area contributed by atoms with E-state index in [-0.39, 0.29) is 17.4 Å². The first-order valence-corrected chi connectivity index (χ1v) is 21.6. The molecule has 1 amide bonds. The highest BCUT2D eigenvalue weighted by molar-refractivity contribution is 6.11. The molecule has 1 aliphatic carbocycles. The predicted molar refractivity (Wildman–Crippen MR) is 252 cm³/mol. The van der Waals surface area contributed by atoms with Crippen LogP contribution < -0.4 is 10.1 Å². The summed E-state index contributed by atoms with van der Waals surface area (Å²) < 4.78 is 9.94. The predicted octanol–water partition coefficient (Wildman–Crippen LogP) is 12.3. The Morgan fingerprint density at radius 3 is 2.14 bits per heavy atom. The van der Waals surface area contributed by atoms with E-state index in [1.54, 1.807) is 35.1 Å². The van der Waals surface area contributed by atoms with E-state index in [0.717, 1.165) is 75.7 Å². The van der Waals surface area contributed by atoms with E-state index in [1.165, 1.54) is 6.42 Å². The Morgan fingerprint density at radius 1 is 0.609 bits per heavy atom. The average molecular weight is 836 g/mol. The van der Waals surface area contributed by atoms with Crippen LogP contribution in [0.4, 0.5) is 5.82 Å². The Bertz CT molecular complexity index is 3360. The van der Waals surface area contributed by atoms with Crippen molar-refractivity contribution in [3.8, 4) is 45.3 Å². The molecule has 0 radical (unpaired) electrons. The van der Waals surface area contributed by atoms with Crippen LogP contribution in [0.15, 0.2) is 176 Å². The minimum absolute atomic E-state index is 0.107. The van der Waals surface area contributed by atoms with Crippen molar-refractivity contribution < 1.29 is 14.3 Å². The Morgan fingerprint density at radius 2 is 1.33 bits per heavy atom. The number of ether oxygens (including phenoxy) is 1. The number of carbonyl (C=O) groups excluding carboxylic acids is 2. The molecule has 0 spiro atoms. The largest absolute Gasteiger partial charge is 0.423 e. The number of carbonyl (C=O) groups is 2. The first kappa shape index (κ1) is 38.7. The van der Waals surface area contributed by atoms with Gasteiger partial charge >= 0.3 is 5.97 Å². The van der Waals surface area contributed by atoms with E-state index in [1.807, 2.05) is 103 Å². The molecule has 1 N–H and O–H groups in total. The minimum atomic E-state index is -0.668. The Labute approximate surface area is 368 Å². The maximum atomic E-state index is 14.7. The van der Waals surface area contributed by atoms with E-state index in [4.69, 9.17) is 19.8 Å². The topological polar surface area (TPSA) is 117 Å². The molecular weight excluding hydrogens is 795 g/mol. The number of hydrogen-bond acceptors (Lipinski definition) is 7. The lowest BCUT2D eigenvalue weighted by atomic mass is 9.94. The van der Waals surface area contributed by atoms with Gasteiger partial charge in [-0.1, -0.05) is 104 Å². The van der Waals surface area contributed by atoms with Crippen LogP contribution in [0.3, 0.4) is 0 Å². The van der Waals surface area contributed by atoms with Crippen LogP contribution in [-0.4, -0.2) is 41.2 Å². The van der Waals surface area contributed by atoms with Crippen molar-refractivity contribution in [2.75, 3.05) is 5.32 Å². The number of benzene rings is 6. The monoisotopic (exact) mass is 835 g/mol. The number of fused-ring (bicyclic) bond motifs is 3. The van der Waals surface area contributed by atoms with E-state index in [2.05, 4.69) is 57.3 Å². The summed E-state index contributed by atoms with van der Waals surface area (Å²) in [6.07, 6.45) is 7.36. The van der Waals surface area contributed by atoms with Gasteiger partial charge in [-0.25, -0.2) is 19.4 Å². The molecule has 1 fully saturated rings. The van der Waals surface area contributed by atoms with Gasteiger partial charge in [0.15, 0.2) is 5.82 Å². The molecule has 0 aliphatic heterocycles. The molecule has 11 rings (SSSR count). The van der Waals surface area contributed by atoms with Crippen molar-refractivity contribution in [2.24, 2.45) is 0 Å². The number of nitrogens with one attached hydrogen (secondary N) is 1. The molecule has 4 aromatic heterocycles. The van der Waals surface area contributed by atoms with Crippen molar-refractivity contribution in [1.29, 1.82) is 0 Å². The Kier molecular flexibility index (Phi) is 10.0. The molecular formula is C54H41N7O3. The fourth-order valence-electron chi connectivity index (χ4n) is 8.92. The van der Waals surface area contributed by atoms with Crippen LogP contribution in [0.5, 0.6) is 5.75 Å². The average Bonchev–Trinajstić information content (AvgIpc) is 3.93. The highest BCUT2D eigenvalue weighted by Crippen LogP contribution is 2.38. The van der Waals surface area contributed by atoms with Crippen LogP contribution in [0.1, 0.15) is 58.9 Å². The highest BCUT2D eigenvalue weighted by Gasteiger charge is 2.30. The SMILES string of the molecule is O=C(Nc1c(C(=O)Oc2ccccc2)c(-c2ccc3ncccc3c2)nn1-c1ccccc1)c1ccc2c(c1)nc(-c1ccc3nc(-c4ccccc4)ccc3c1)n2C1CCCCC1. The van der Waals surface area contributed by atoms with Gasteiger partial charge in [0.25, 0.3) is 5.91 Å². The zero-order valence-corrected chi connectivity index (χ0v) is 34.8. The summed E-state index contributed by atoms with van der Waals surface area (Å²) in [6, 6.07) is 54.5. The molecule has 0 bridgehead atoms. The zero-order valence-electron chi connectivity index (χ0n) is 34.8. The lowest BCUT2D eigenvalue weighted by molar-refractivity contribution is 0.0736. The van der Waals surface area contributed by atoms with Gasteiger partial charge in [0, 0.05) is 45.3 Å².